The quantitative estimate of drug-likeness (QED) is 0.442. The molecule has 190 valence electrons. The van der Waals surface area contributed by atoms with Crippen molar-refractivity contribution in [2.24, 2.45) is 0 Å². The minimum atomic E-state index is -4.62. The molecule has 1 aliphatic carbocycles. The number of carbonyl (C=O) groups excluding carboxylic acids is 1. The van der Waals surface area contributed by atoms with Gasteiger partial charge in [-0.25, -0.2) is 15.0 Å². The van der Waals surface area contributed by atoms with Gasteiger partial charge in [-0.2, -0.15) is 13.2 Å². The number of benzene rings is 1. The maximum atomic E-state index is 13.2. The highest BCUT2D eigenvalue weighted by atomic mass is 32.1. The zero-order valence-corrected chi connectivity index (χ0v) is 20.4. The largest absolute Gasteiger partial charge is 0.488 e. The van der Waals surface area contributed by atoms with E-state index in [1.807, 2.05) is 12.3 Å². The summed E-state index contributed by atoms with van der Waals surface area (Å²) in [5.41, 5.74) is 1.50. The Morgan fingerprint density at radius 3 is 2.56 bits per heavy atom. The van der Waals surface area contributed by atoms with E-state index in [0.717, 1.165) is 29.4 Å². The molecule has 2 aliphatic rings. The third-order valence-corrected chi connectivity index (χ3v) is 7.62. The van der Waals surface area contributed by atoms with E-state index < -0.39 is 23.9 Å². The van der Waals surface area contributed by atoms with Crippen LogP contribution in [0.3, 0.4) is 0 Å². The number of hydrogen-bond donors (Lipinski definition) is 1. The first-order valence-corrected chi connectivity index (χ1v) is 12.6. The van der Waals surface area contributed by atoms with Crippen LogP contribution in [-0.4, -0.2) is 40.2 Å². The molecule has 1 aliphatic heterocycles. The molecule has 2 fully saturated rings. The summed E-state index contributed by atoms with van der Waals surface area (Å²) in [5.74, 6) is -0.521. The normalized spacial score (nSPS) is 19.1. The Bertz CT molecular complexity index is 1220. The average Bonchev–Trinajstić information content (AvgIpc) is 3.50. The molecule has 0 spiro atoms. The summed E-state index contributed by atoms with van der Waals surface area (Å²) in [5, 5.41) is 3.62. The van der Waals surface area contributed by atoms with Crippen LogP contribution in [0.15, 0.2) is 36.8 Å². The monoisotopic (exact) mass is 518 g/mol. The molecule has 36 heavy (non-hydrogen) atoms. The van der Waals surface area contributed by atoms with Crippen molar-refractivity contribution in [3.8, 4) is 16.3 Å². The van der Waals surface area contributed by atoms with Gasteiger partial charge in [-0.3, -0.25) is 4.79 Å². The number of nitrogens with zero attached hydrogens (tertiary/aromatic N) is 3. The van der Waals surface area contributed by atoms with Crippen molar-refractivity contribution in [3.05, 3.63) is 58.6 Å². The van der Waals surface area contributed by atoms with Crippen LogP contribution in [0.1, 0.15) is 71.2 Å². The van der Waals surface area contributed by atoms with Crippen LogP contribution in [0.2, 0.25) is 0 Å². The van der Waals surface area contributed by atoms with Crippen LogP contribution in [0.4, 0.5) is 13.2 Å². The van der Waals surface area contributed by atoms with Crippen LogP contribution in [0, 0.1) is 0 Å². The Balaban J connectivity index is 1.37. The molecule has 0 bridgehead atoms. The molecule has 7 nitrogen and oxygen atoms in total. The predicted molar refractivity (Wildman–Crippen MR) is 127 cm³/mol. The molecule has 5 rings (SSSR count). The second kappa shape index (κ2) is 10.1. The zero-order chi connectivity index (χ0) is 25.3. The fourth-order valence-electron chi connectivity index (χ4n) is 4.09. The first-order chi connectivity index (χ1) is 17.3. The summed E-state index contributed by atoms with van der Waals surface area (Å²) < 4.78 is 49.8. The summed E-state index contributed by atoms with van der Waals surface area (Å²) >= 11 is 1.62. The van der Waals surface area contributed by atoms with Crippen molar-refractivity contribution < 1.29 is 27.4 Å². The second-order valence-corrected chi connectivity index (χ2v) is 10.1. The van der Waals surface area contributed by atoms with Gasteiger partial charge in [0.15, 0.2) is 0 Å². The molecular weight excluding hydrogens is 493 g/mol. The molecule has 11 heteroatoms. The number of ether oxygens (including phenoxy) is 2. The lowest BCUT2D eigenvalue weighted by Crippen LogP contribution is -2.27. The van der Waals surface area contributed by atoms with Crippen LogP contribution in [0.5, 0.6) is 5.75 Å². The highest BCUT2D eigenvalue weighted by Gasteiger charge is 2.34. The molecule has 0 unspecified atom stereocenters. The molecule has 0 radical (unpaired) electrons. The highest BCUT2D eigenvalue weighted by Crippen LogP contribution is 2.41. The van der Waals surface area contributed by atoms with Crippen molar-refractivity contribution in [3.63, 3.8) is 0 Å². The Kier molecular flexibility index (Phi) is 6.94. The summed E-state index contributed by atoms with van der Waals surface area (Å²) in [4.78, 5) is 25.8. The van der Waals surface area contributed by atoms with E-state index in [-0.39, 0.29) is 6.10 Å². The molecular formula is C25H25F3N4O3S. The number of amides is 1. The summed E-state index contributed by atoms with van der Waals surface area (Å²) in [6.07, 6.45) is 3.68. The van der Waals surface area contributed by atoms with Crippen LogP contribution in [-0.2, 0) is 10.9 Å². The first kappa shape index (κ1) is 24.6. The summed E-state index contributed by atoms with van der Waals surface area (Å²) in [6.45, 7) is 2.77. The third kappa shape index (κ3) is 5.52. The van der Waals surface area contributed by atoms with Crippen LogP contribution in [0.25, 0.3) is 10.6 Å². The minimum absolute atomic E-state index is 0.0961. The van der Waals surface area contributed by atoms with E-state index in [1.165, 1.54) is 24.1 Å². The lowest BCUT2D eigenvalue weighted by Gasteiger charge is -2.23. The van der Waals surface area contributed by atoms with Gasteiger partial charge >= 0.3 is 6.18 Å². The van der Waals surface area contributed by atoms with Crippen LogP contribution >= 0.6 is 11.3 Å². The van der Waals surface area contributed by atoms with E-state index in [4.69, 9.17) is 9.47 Å². The van der Waals surface area contributed by atoms with Crippen molar-refractivity contribution in [2.45, 2.75) is 56.8 Å². The molecule has 3 aromatic rings. The maximum absolute atomic E-state index is 13.2. The van der Waals surface area contributed by atoms with Crippen molar-refractivity contribution in [1.29, 1.82) is 0 Å². The van der Waals surface area contributed by atoms with Gasteiger partial charge < -0.3 is 14.8 Å². The van der Waals surface area contributed by atoms with Gasteiger partial charge in [-0.1, -0.05) is 6.42 Å². The van der Waals surface area contributed by atoms with Gasteiger partial charge in [0.05, 0.1) is 19.3 Å². The van der Waals surface area contributed by atoms with E-state index in [0.29, 0.717) is 36.0 Å². The molecule has 1 saturated carbocycles. The standard InChI is InChI=1S/C25H25F3N4O3S/c1-14(18-10-30-24(31-11-18)25(26,27)28)32-22(33)16-7-17(9-20(8-16)35-19-5-6-34-13-19)23-29-12-21(36-23)15-3-2-4-15/h7-12,14-15,19H,2-6,13H2,1H3,(H,32,33)/t14-,19-/m1/s1. The number of thiazole rings is 1. The SMILES string of the molecule is C[C@@H](NC(=O)c1cc(O[C@@H]2CCOC2)cc(-c2ncc(C3CCC3)s2)c1)c1cnc(C(F)(F)F)nc1. The number of alkyl halides is 3. The number of nitrogens with one attached hydrogen (secondary N) is 1. The van der Waals surface area contributed by atoms with Gasteiger partial charge in [-0.15, -0.1) is 11.3 Å². The van der Waals surface area contributed by atoms with Crippen molar-refractivity contribution in [2.75, 3.05) is 13.2 Å². The second-order valence-electron chi connectivity index (χ2n) is 9.08. The van der Waals surface area contributed by atoms with E-state index >= 15 is 0 Å². The van der Waals surface area contributed by atoms with Gasteiger partial charge in [0.25, 0.3) is 5.91 Å². The Hall–Kier alpha value is -3.05. The molecule has 3 heterocycles. The van der Waals surface area contributed by atoms with Crippen LogP contribution < -0.4 is 10.1 Å². The number of halogens is 3. The minimum Gasteiger partial charge on any atom is -0.488 e. The van der Waals surface area contributed by atoms with E-state index in [2.05, 4.69) is 20.3 Å². The molecule has 2 atom stereocenters. The Morgan fingerprint density at radius 2 is 1.92 bits per heavy atom. The lowest BCUT2D eigenvalue weighted by atomic mass is 9.85. The molecule has 2 aromatic heterocycles. The van der Waals surface area contributed by atoms with Gasteiger partial charge in [0.2, 0.25) is 5.82 Å². The molecule has 1 N–H and O–H groups in total. The van der Waals surface area contributed by atoms with Crippen molar-refractivity contribution >= 4 is 17.2 Å². The number of hydrogen-bond acceptors (Lipinski definition) is 7. The van der Waals surface area contributed by atoms with Gasteiger partial charge in [0, 0.05) is 46.6 Å². The highest BCUT2D eigenvalue weighted by molar-refractivity contribution is 7.15. The number of rotatable bonds is 7. The lowest BCUT2D eigenvalue weighted by molar-refractivity contribution is -0.145. The molecule has 1 aromatic carbocycles. The summed E-state index contributed by atoms with van der Waals surface area (Å²) in [6, 6.07) is 4.69. The van der Waals surface area contributed by atoms with Crippen molar-refractivity contribution in [1.82, 2.24) is 20.3 Å². The van der Waals surface area contributed by atoms with Gasteiger partial charge in [-0.05, 0) is 43.9 Å². The maximum Gasteiger partial charge on any atom is 0.451 e. The van der Waals surface area contributed by atoms with E-state index in [1.54, 1.807) is 30.4 Å². The first-order valence-electron chi connectivity index (χ1n) is 11.8. The van der Waals surface area contributed by atoms with Gasteiger partial charge in [0.1, 0.15) is 16.9 Å². The number of carbonyl (C=O) groups is 1. The Morgan fingerprint density at radius 1 is 1.14 bits per heavy atom. The molecule has 1 saturated heterocycles. The third-order valence-electron chi connectivity index (χ3n) is 6.41. The smallest absolute Gasteiger partial charge is 0.451 e. The fourth-order valence-corrected chi connectivity index (χ4v) is 5.16. The van der Waals surface area contributed by atoms with E-state index in [9.17, 15) is 18.0 Å². The summed E-state index contributed by atoms with van der Waals surface area (Å²) in [7, 11) is 0. The fraction of sp³-hybridized carbons (Fsp3) is 0.440. The average molecular weight is 519 g/mol. The number of aromatic nitrogens is 3. The zero-order valence-electron chi connectivity index (χ0n) is 19.5. The predicted octanol–water partition coefficient (Wildman–Crippen LogP) is 5.55. The topological polar surface area (TPSA) is 86.2 Å². The Labute approximate surface area is 210 Å². The molecule has 1 amide bonds.